The van der Waals surface area contributed by atoms with E-state index >= 15 is 0 Å². The maximum absolute atomic E-state index is 2.41. The number of hydrogen-bond donors (Lipinski definition) is 0. The Morgan fingerprint density at radius 3 is 2.11 bits per heavy atom. The van der Waals surface area contributed by atoms with E-state index in [4.69, 9.17) is 0 Å². The summed E-state index contributed by atoms with van der Waals surface area (Å²) in [6.45, 7) is 2.63. The summed E-state index contributed by atoms with van der Waals surface area (Å²) < 4.78 is 1.01. The third kappa shape index (κ3) is 3.81. The Hall–Kier alpha value is 1.21. The molecule has 0 saturated carbocycles. The fourth-order valence-electron chi connectivity index (χ4n) is 1.06. The van der Waals surface area contributed by atoms with Gasteiger partial charge in [-0.05, 0) is 0 Å². The van der Waals surface area contributed by atoms with Crippen LogP contribution in [-0.2, 0) is 0 Å². The molecule has 1 aliphatic rings. The average Bonchev–Trinajstić information content (AvgIpc) is 1.77. The predicted molar refractivity (Wildman–Crippen MR) is 36.2 cm³/mol. The smallest absolute Gasteiger partial charge is 1.00 e. The monoisotopic (exact) mass is 201 g/mol. The first-order valence-corrected chi connectivity index (χ1v) is 4.12. The van der Waals surface area contributed by atoms with Gasteiger partial charge < -0.3 is 17.0 Å². The molecule has 0 spiro atoms. The summed E-state index contributed by atoms with van der Waals surface area (Å²) in [4.78, 5) is 2.41. The van der Waals surface area contributed by atoms with Crippen LogP contribution in [-0.4, -0.2) is 46.7 Å². The van der Waals surface area contributed by atoms with Gasteiger partial charge in [0, 0.05) is 0 Å². The first-order valence-electron chi connectivity index (χ1n) is 3.30. The molecule has 1 nitrogen and oxygen atoms in total. The average molecular weight is 202 g/mol. The first-order chi connectivity index (χ1) is 3.79. The van der Waals surface area contributed by atoms with Gasteiger partial charge in [0.25, 0.3) is 0 Å². The van der Waals surface area contributed by atoms with Crippen LogP contribution in [0.15, 0.2) is 0 Å². The number of hydrogen-bond acceptors (Lipinski definition) is 1. The second kappa shape index (κ2) is 4.94. The van der Waals surface area contributed by atoms with Gasteiger partial charge in [-0.1, -0.05) is 0 Å². The molecule has 0 aromatic heterocycles. The van der Waals surface area contributed by atoms with Crippen molar-refractivity contribution in [3.05, 3.63) is 0 Å². The zero-order valence-corrected chi connectivity index (χ0v) is 8.94. The maximum atomic E-state index is 2.41. The van der Waals surface area contributed by atoms with Crippen LogP contribution in [0.4, 0.5) is 0 Å². The molecule has 0 N–H and O–H groups in total. The number of likely N-dealkylation sites (tertiary alicyclic amines) is 1. The fourth-order valence-corrected chi connectivity index (χ4v) is 1.43. The van der Waals surface area contributed by atoms with Crippen molar-refractivity contribution < 1.29 is 17.0 Å². The number of nitrogens with zero attached hydrogens (tertiary/aromatic N) is 1. The van der Waals surface area contributed by atoms with Gasteiger partial charge in [-0.2, -0.15) is 0 Å². The quantitative estimate of drug-likeness (QED) is 0.399. The van der Waals surface area contributed by atoms with Crippen molar-refractivity contribution in [1.29, 1.82) is 0 Å². The molecule has 0 aliphatic carbocycles. The van der Waals surface area contributed by atoms with Gasteiger partial charge in [0.2, 0.25) is 0 Å². The molecule has 0 radical (unpaired) electrons. The summed E-state index contributed by atoms with van der Waals surface area (Å²) in [7, 11) is 2.20. The Morgan fingerprint density at radius 2 is 1.78 bits per heavy atom. The van der Waals surface area contributed by atoms with E-state index < -0.39 is 0 Å². The van der Waals surface area contributed by atoms with Crippen LogP contribution in [0.1, 0.15) is 12.8 Å². The van der Waals surface area contributed by atoms with Crippen molar-refractivity contribution >= 4 is 21.7 Å². The van der Waals surface area contributed by atoms with Crippen LogP contribution >= 0.6 is 0 Å². The molecule has 3 heteroatoms. The third-order valence-corrected chi connectivity index (χ3v) is 2.65. The van der Waals surface area contributed by atoms with Gasteiger partial charge in [0.1, 0.15) is 0 Å². The van der Waals surface area contributed by atoms with Crippen LogP contribution in [0.3, 0.4) is 0 Å². The van der Waals surface area contributed by atoms with Crippen LogP contribution in [0.25, 0.3) is 0 Å². The van der Waals surface area contributed by atoms with Crippen molar-refractivity contribution in [2.45, 2.75) is 16.9 Å². The van der Waals surface area contributed by atoms with E-state index in [1.807, 2.05) is 0 Å². The van der Waals surface area contributed by atoms with Crippen LogP contribution in [0, 0.1) is 0 Å². The van der Waals surface area contributed by atoms with E-state index in [2.05, 4.69) is 33.7 Å². The van der Waals surface area contributed by atoms with Gasteiger partial charge in [-0.25, -0.2) is 0 Å². The molecule has 0 unspecified atom stereocenters. The van der Waals surface area contributed by atoms with Gasteiger partial charge in [0.15, 0.2) is 0 Å². The molecule has 50 valence electrons. The summed E-state index contributed by atoms with van der Waals surface area (Å²) in [6, 6.07) is 0. The molecule has 0 amide bonds. The summed E-state index contributed by atoms with van der Waals surface area (Å²) in [5, 5.41) is 0. The Kier molecular flexibility index (Phi) is 5.60. The number of halogens is 1. The van der Waals surface area contributed by atoms with E-state index in [1.165, 1.54) is 25.9 Å². The molecular weight excluding hydrogens is 190 g/mol. The third-order valence-electron chi connectivity index (χ3n) is 1.84. The van der Waals surface area contributed by atoms with Crippen molar-refractivity contribution in [3.8, 4) is 0 Å². The van der Waals surface area contributed by atoms with E-state index in [-0.39, 0.29) is 17.0 Å². The zero-order chi connectivity index (χ0) is 5.98. The van der Waals surface area contributed by atoms with Crippen molar-refractivity contribution in [2.24, 2.45) is 0 Å². The molecule has 1 heterocycles. The molecule has 0 aromatic carbocycles. The summed E-state index contributed by atoms with van der Waals surface area (Å²) >= 11 is 2.16. The zero-order valence-electron chi connectivity index (χ0n) is 5.94. The molecule has 0 aromatic rings. The minimum absolute atomic E-state index is 0. The van der Waals surface area contributed by atoms with Crippen molar-refractivity contribution in [1.82, 2.24) is 4.90 Å². The van der Waals surface area contributed by atoms with Crippen molar-refractivity contribution in [2.75, 3.05) is 20.1 Å². The van der Waals surface area contributed by atoms with E-state index in [9.17, 15) is 0 Å². The fraction of sp³-hybridized carbons (Fsp3) is 1.00. The summed E-state index contributed by atoms with van der Waals surface area (Å²) in [6.07, 6.45) is 2.82. The van der Waals surface area contributed by atoms with Crippen LogP contribution in [0.2, 0.25) is 4.05 Å². The Bertz CT molecular complexity index is 61.5. The SMILES string of the molecule is CN1CC[CH]([Mg+])CC1.[Br-]. The normalized spacial score (nSPS) is 23.4. The first kappa shape index (κ1) is 10.2. The molecular formula is C6H12BrMgN. The standard InChI is InChI=1S/C6H12N.BrH.Mg/c1-7-5-3-2-4-6-7;;/h2H,3-6H2,1H3;1H;/q;;+1/p-1. The Balaban J connectivity index is 0.000000640. The van der Waals surface area contributed by atoms with Gasteiger partial charge in [0.05, 0.1) is 0 Å². The maximum Gasteiger partial charge on any atom is -1.00 e. The minimum atomic E-state index is 0. The second-order valence-electron chi connectivity index (χ2n) is 2.75. The minimum Gasteiger partial charge on any atom is -1.00 e. The van der Waals surface area contributed by atoms with Gasteiger partial charge >= 0.3 is 63.6 Å². The van der Waals surface area contributed by atoms with Crippen LogP contribution in [0.5, 0.6) is 0 Å². The molecule has 9 heavy (non-hydrogen) atoms. The van der Waals surface area contributed by atoms with Crippen molar-refractivity contribution in [3.63, 3.8) is 0 Å². The predicted octanol–water partition coefficient (Wildman–Crippen LogP) is -2.33. The van der Waals surface area contributed by atoms with E-state index in [0.717, 1.165) is 4.05 Å². The topological polar surface area (TPSA) is 3.24 Å². The molecule has 1 rings (SSSR count). The van der Waals surface area contributed by atoms with Gasteiger partial charge in [-0.15, -0.1) is 0 Å². The second-order valence-corrected chi connectivity index (χ2v) is 3.90. The van der Waals surface area contributed by atoms with E-state index in [0.29, 0.717) is 0 Å². The largest absolute Gasteiger partial charge is 1.00 e. The summed E-state index contributed by atoms with van der Waals surface area (Å²) in [5.41, 5.74) is 0. The van der Waals surface area contributed by atoms with E-state index in [1.54, 1.807) is 0 Å². The molecule has 0 atom stereocenters. The molecule has 1 aliphatic heterocycles. The Labute approximate surface area is 80.4 Å². The Morgan fingerprint density at radius 1 is 1.33 bits per heavy atom. The molecule has 1 saturated heterocycles. The number of rotatable bonds is 0. The van der Waals surface area contributed by atoms with Gasteiger partial charge in [-0.3, -0.25) is 0 Å². The number of piperidine rings is 1. The molecule has 0 bridgehead atoms. The van der Waals surface area contributed by atoms with Crippen LogP contribution < -0.4 is 17.0 Å². The molecule has 1 fully saturated rings. The summed E-state index contributed by atoms with van der Waals surface area (Å²) in [5.74, 6) is 0.